The second-order valence-corrected chi connectivity index (χ2v) is 4.49. The standard InChI is InChI=1S/C11H15ClN4O/c12-9-6-8(7-14-10(9)13)11(17)15-16-4-2-1-3-5-16/h6-7H,1-5H2,(H2,13,14)(H,15,17). The van der Waals surface area contributed by atoms with E-state index in [0.29, 0.717) is 10.6 Å². The van der Waals surface area contributed by atoms with Crippen LogP contribution < -0.4 is 11.2 Å². The SMILES string of the molecule is Nc1ncc(C(=O)NN2CCCCC2)cc1Cl. The lowest BCUT2D eigenvalue weighted by molar-refractivity contribution is 0.0750. The van der Waals surface area contributed by atoms with Crippen LogP contribution in [-0.2, 0) is 0 Å². The Labute approximate surface area is 105 Å². The molecule has 1 aliphatic rings. The third kappa shape index (κ3) is 3.08. The number of anilines is 1. The van der Waals surface area contributed by atoms with Gasteiger partial charge in [0, 0.05) is 19.3 Å². The Kier molecular flexibility index (Phi) is 3.81. The van der Waals surface area contributed by atoms with Crippen molar-refractivity contribution in [3.05, 3.63) is 22.8 Å². The van der Waals surface area contributed by atoms with Crippen molar-refractivity contribution in [2.75, 3.05) is 18.8 Å². The van der Waals surface area contributed by atoms with E-state index < -0.39 is 0 Å². The number of carbonyl (C=O) groups excluding carboxylic acids is 1. The zero-order chi connectivity index (χ0) is 12.3. The Morgan fingerprint density at radius 1 is 1.41 bits per heavy atom. The second-order valence-electron chi connectivity index (χ2n) is 4.08. The Balaban J connectivity index is 2.01. The van der Waals surface area contributed by atoms with E-state index in [1.54, 1.807) is 0 Å². The lowest BCUT2D eigenvalue weighted by Crippen LogP contribution is -2.45. The molecule has 3 N–H and O–H groups in total. The summed E-state index contributed by atoms with van der Waals surface area (Å²) < 4.78 is 0. The highest BCUT2D eigenvalue weighted by atomic mass is 35.5. The van der Waals surface area contributed by atoms with Gasteiger partial charge >= 0.3 is 0 Å². The third-order valence-electron chi connectivity index (χ3n) is 2.75. The molecule has 0 bridgehead atoms. The van der Waals surface area contributed by atoms with Gasteiger partial charge in [0.15, 0.2) is 0 Å². The van der Waals surface area contributed by atoms with E-state index in [-0.39, 0.29) is 11.7 Å². The molecular formula is C11H15ClN4O. The van der Waals surface area contributed by atoms with Gasteiger partial charge in [-0.3, -0.25) is 10.2 Å². The van der Waals surface area contributed by atoms with Gasteiger partial charge in [0.1, 0.15) is 5.82 Å². The van der Waals surface area contributed by atoms with Crippen LogP contribution in [0.1, 0.15) is 29.6 Å². The normalized spacial score (nSPS) is 16.8. The van der Waals surface area contributed by atoms with Gasteiger partial charge in [-0.15, -0.1) is 0 Å². The van der Waals surface area contributed by atoms with Crippen LogP contribution in [0.4, 0.5) is 5.82 Å². The fraction of sp³-hybridized carbons (Fsp3) is 0.455. The average molecular weight is 255 g/mol. The minimum atomic E-state index is -0.193. The van der Waals surface area contributed by atoms with Crippen molar-refractivity contribution in [2.45, 2.75) is 19.3 Å². The summed E-state index contributed by atoms with van der Waals surface area (Å²) in [7, 11) is 0. The van der Waals surface area contributed by atoms with Gasteiger partial charge in [-0.05, 0) is 18.9 Å². The van der Waals surface area contributed by atoms with Crippen LogP contribution in [0.3, 0.4) is 0 Å². The fourth-order valence-electron chi connectivity index (χ4n) is 1.79. The fourth-order valence-corrected chi connectivity index (χ4v) is 1.95. The van der Waals surface area contributed by atoms with Crippen molar-refractivity contribution in [1.82, 2.24) is 15.4 Å². The van der Waals surface area contributed by atoms with Crippen LogP contribution in [0.25, 0.3) is 0 Å². The molecule has 2 heterocycles. The van der Waals surface area contributed by atoms with Gasteiger partial charge in [-0.2, -0.15) is 0 Å². The molecule has 0 unspecified atom stereocenters. The predicted octanol–water partition coefficient (Wildman–Crippen LogP) is 1.45. The van der Waals surface area contributed by atoms with E-state index in [0.717, 1.165) is 25.9 Å². The molecule has 0 radical (unpaired) electrons. The van der Waals surface area contributed by atoms with Crippen LogP contribution in [0.2, 0.25) is 5.02 Å². The molecule has 0 saturated carbocycles. The van der Waals surface area contributed by atoms with Crippen LogP contribution in [0.15, 0.2) is 12.3 Å². The zero-order valence-electron chi connectivity index (χ0n) is 9.45. The van der Waals surface area contributed by atoms with Crippen molar-refractivity contribution in [2.24, 2.45) is 0 Å². The van der Waals surface area contributed by atoms with Gasteiger partial charge in [0.25, 0.3) is 5.91 Å². The first-order valence-corrected chi connectivity index (χ1v) is 6.01. The molecule has 6 heteroatoms. The molecule has 5 nitrogen and oxygen atoms in total. The molecule has 92 valence electrons. The molecule has 1 aromatic rings. The van der Waals surface area contributed by atoms with Crippen molar-refractivity contribution < 1.29 is 4.79 Å². The van der Waals surface area contributed by atoms with E-state index in [2.05, 4.69) is 10.4 Å². The first-order valence-electron chi connectivity index (χ1n) is 5.64. The summed E-state index contributed by atoms with van der Waals surface area (Å²) in [5.41, 5.74) is 8.75. The number of carbonyl (C=O) groups is 1. The van der Waals surface area contributed by atoms with Gasteiger partial charge in [0.05, 0.1) is 10.6 Å². The smallest absolute Gasteiger partial charge is 0.267 e. The number of hydrogen-bond acceptors (Lipinski definition) is 4. The molecule has 1 amide bonds. The molecule has 0 spiro atoms. The molecule has 17 heavy (non-hydrogen) atoms. The van der Waals surface area contributed by atoms with E-state index >= 15 is 0 Å². The van der Waals surface area contributed by atoms with E-state index in [1.165, 1.54) is 18.7 Å². The van der Waals surface area contributed by atoms with Crippen molar-refractivity contribution >= 4 is 23.3 Å². The lowest BCUT2D eigenvalue weighted by Gasteiger charge is -2.26. The van der Waals surface area contributed by atoms with Crippen molar-refractivity contribution in [3.63, 3.8) is 0 Å². The minimum absolute atomic E-state index is 0.193. The summed E-state index contributed by atoms with van der Waals surface area (Å²) in [5, 5.41) is 2.23. The number of rotatable bonds is 2. The van der Waals surface area contributed by atoms with Gasteiger partial charge in [-0.25, -0.2) is 9.99 Å². The summed E-state index contributed by atoms with van der Waals surface area (Å²) in [5.74, 6) is 0.0440. The predicted molar refractivity (Wildman–Crippen MR) is 66.5 cm³/mol. The van der Waals surface area contributed by atoms with Crippen LogP contribution in [0, 0.1) is 0 Å². The average Bonchev–Trinajstić information content (AvgIpc) is 2.34. The number of hydrogen-bond donors (Lipinski definition) is 2. The number of piperidine rings is 1. The lowest BCUT2D eigenvalue weighted by atomic mass is 10.2. The maximum absolute atomic E-state index is 11.9. The molecule has 0 aromatic carbocycles. The number of pyridine rings is 1. The largest absolute Gasteiger partial charge is 0.382 e. The Morgan fingerprint density at radius 3 is 2.76 bits per heavy atom. The van der Waals surface area contributed by atoms with Crippen molar-refractivity contribution in [3.8, 4) is 0 Å². The topological polar surface area (TPSA) is 71.2 Å². The number of hydrazine groups is 1. The third-order valence-corrected chi connectivity index (χ3v) is 3.05. The highest BCUT2D eigenvalue weighted by molar-refractivity contribution is 6.33. The number of amides is 1. The molecule has 1 aromatic heterocycles. The molecular weight excluding hydrogens is 240 g/mol. The first-order chi connectivity index (χ1) is 8.16. The summed E-state index contributed by atoms with van der Waals surface area (Å²) in [6.45, 7) is 1.78. The zero-order valence-corrected chi connectivity index (χ0v) is 10.2. The van der Waals surface area contributed by atoms with E-state index in [1.807, 2.05) is 5.01 Å². The maximum Gasteiger partial charge on any atom is 0.267 e. The number of nitrogens with zero attached hydrogens (tertiary/aromatic N) is 2. The van der Waals surface area contributed by atoms with Gasteiger partial charge < -0.3 is 5.73 Å². The second kappa shape index (κ2) is 5.33. The maximum atomic E-state index is 11.9. The monoisotopic (exact) mass is 254 g/mol. The Hall–Kier alpha value is -1.33. The Bertz CT molecular complexity index is 418. The van der Waals surface area contributed by atoms with E-state index in [4.69, 9.17) is 17.3 Å². The number of nitrogens with two attached hydrogens (primary N) is 1. The molecule has 2 rings (SSSR count). The highest BCUT2D eigenvalue weighted by Gasteiger charge is 2.14. The van der Waals surface area contributed by atoms with Crippen LogP contribution in [-0.4, -0.2) is 29.0 Å². The highest BCUT2D eigenvalue weighted by Crippen LogP contribution is 2.16. The van der Waals surface area contributed by atoms with Crippen LogP contribution >= 0.6 is 11.6 Å². The van der Waals surface area contributed by atoms with E-state index in [9.17, 15) is 4.79 Å². The Morgan fingerprint density at radius 2 is 2.12 bits per heavy atom. The van der Waals surface area contributed by atoms with Gasteiger partial charge in [-0.1, -0.05) is 18.0 Å². The molecule has 1 saturated heterocycles. The summed E-state index contributed by atoms with van der Waals surface area (Å²) in [6.07, 6.45) is 4.88. The number of aromatic nitrogens is 1. The molecule has 1 aliphatic heterocycles. The number of halogens is 1. The number of nitrogens with one attached hydrogen (secondary N) is 1. The molecule has 0 atom stereocenters. The van der Waals surface area contributed by atoms with Crippen LogP contribution in [0.5, 0.6) is 0 Å². The molecule has 1 fully saturated rings. The number of nitrogen functional groups attached to an aromatic ring is 1. The minimum Gasteiger partial charge on any atom is -0.382 e. The quantitative estimate of drug-likeness (QED) is 0.838. The summed E-state index contributed by atoms with van der Waals surface area (Å²) >= 11 is 5.82. The van der Waals surface area contributed by atoms with Crippen molar-refractivity contribution in [1.29, 1.82) is 0 Å². The first kappa shape index (κ1) is 12.1. The summed E-state index contributed by atoms with van der Waals surface area (Å²) in [6, 6.07) is 1.53. The van der Waals surface area contributed by atoms with Gasteiger partial charge in [0.2, 0.25) is 0 Å². The summed E-state index contributed by atoms with van der Waals surface area (Å²) in [4.78, 5) is 15.7. The molecule has 0 aliphatic carbocycles.